The van der Waals surface area contributed by atoms with E-state index in [4.69, 9.17) is 10.5 Å². The lowest BCUT2D eigenvalue weighted by atomic mass is 10.1. The van der Waals surface area contributed by atoms with Crippen molar-refractivity contribution in [3.8, 4) is 5.75 Å². The molecule has 1 aromatic carbocycles. The van der Waals surface area contributed by atoms with Crippen LogP contribution in [0.3, 0.4) is 0 Å². The molecule has 1 rings (SSSR count). The fourth-order valence-electron chi connectivity index (χ4n) is 1.54. The fourth-order valence-corrected chi connectivity index (χ4v) is 2.47. The van der Waals surface area contributed by atoms with Gasteiger partial charge in [0.1, 0.15) is 5.75 Å². The van der Waals surface area contributed by atoms with Crippen LogP contribution in [0.2, 0.25) is 0 Å². The molecular weight excluding hydrogens is 252 g/mol. The quantitative estimate of drug-likeness (QED) is 0.837. The summed E-state index contributed by atoms with van der Waals surface area (Å²) in [6, 6.07) is 6.64. The van der Waals surface area contributed by atoms with Gasteiger partial charge in [0.2, 0.25) is 10.0 Å². The van der Waals surface area contributed by atoms with Crippen molar-refractivity contribution in [3.05, 3.63) is 29.8 Å². The minimum atomic E-state index is -3.32. The topological polar surface area (TPSA) is 72.6 Å². The van der Waals surface area contributed by atoms with Gasteiger partial charge in [-0.25, -0.2) is 12.7 Å². The number of nitrogens with two attached hydrogens (primary N) is 1. The van der Waals surface area contributed by atoms with Gasteiger partial charge in [0.15, 0.2) is 0 Å². The highest BCUT2D eigenvalue weighted by Crippen LogP contribution is 2.24. The van der Waals surface area contributed by atoms with Crippen molar-refractivity contribution in [3.63, 3.8) is 0 Å². The summed E-state index contributed by atoms with van der Waals surface area (Å²) in [6.07, 6.45) is 0. The Morgan fingerprint density at radius 1 is 1.33 bits per heavy atom. The van der Waals surface area contributed by atoms with Gasteiger partial charge in [-0.1, -0.05) is 18.2 Å². The first-order chi connectivity index (χ1) is 8.38. The Morgan fingerprint density at radius 3 is 2.50 bits per heavy atom. The first-order valence-corrected chi connectivity index (χ1v) is 7.37. The molecule has 0 fully saturated rings. The number of nitrogens with zero attached hydrogens (tertiary/aromatic N) is 1. The van der Waals surface area contributed by atoms with Crippen molar-refractivity contribution >= 4 is 10.0 Å². The van der Waals surface area contributed by atoms with Crippen molar-refractivity contribution in [1.29, 1.82) is 0 Å². The van der Waals surface area contributed by atoms with Crippen LogP contribution in [0, 0.1) is 0 Å². The number of hydrogen-bond donors (Lipinski definition) is 1. The lowest BCUT2D eigenvalue weighted by Crippen LogP contribution is -2.31. The Kier molecular flexibility index (Phi) is 5.13. The van der Waals surface area contributed by atoms with E-state index in [1.807, 2.05) is 19.1 Å². The van der Waals surface area contributed by atoms with Crippen molar-refractivity contribution < 1.29 is 13.2 Å². The van der Waals surface area contributed by atoms with Crippen LogP contribution in [-0.2, 0) is 10.0 Å². The van der Waals surface area contributed by atoms with E-state index in [0.29, 0.717) is 17.9 Å². The molecule has 1 unspecified atom stereocenters. The molecule has 18 heavy (non-hydrogen) atoms. The first kappa shape index (κ1) is 14.9. The predicted molar refractivity (Wildman–Crippen MR) is 72.0 cm³/mol. The van der Waals surface area contributed by atoms with Crippen molar-refractivity contribution in [2.75, 3.05) is 26.5 Å². The zero-order valence-electron chi connectivity index (χ0n) is 11.0. The highest BCUT2D eigenvalue weighted by Gasteiger charge is 2.21. The summed E-state index contributed by atoms with van der Waals surface area (Å²) in [4.78, 5) is 0. The molecule has 102 valence electrons. The number of para-hydroxylation sites is 1. The monoisotopic (exact) mass is 272 g/mol. The van der Waals surface area contributed by atoms with Gasteiger partial charge < -0.3 is 10.5 Å². The third-order valence-corrected chi connectivity index (χ3v) is 4.46. The third-order valence-electron chi connectivity index (χ3n) is 2.56. The molecule has 0 aromatic heterocycles. The molecule has 5 nitrogen and oxygen atoms in total. The van der Waals surface area contributed by atoms with Crippen molar-refractivity contribution in [2.24, 2.45) is 5.73 Å². The molecular formula is C12H20N2O3S. The molecule has 1 atom stereocenters. The second-order valence-electron chi connectivity index (χ2n) is 4.14. The van der Waals surface area contributed by atoms with Gasteiger partial charge in [-0.05, 0) is 13.0 Å². The van der Waals surface area contributed by atoms with E-state index in [9.17, 15) is 8.42 Å². The van der Waals surface area contributed by atoms with Crippen LogP contribution in [0.4, 0.5) is 0 Å². The lowest BCUT2D eigenvalue weighted by Gasteiger charge is -2.18. The van der Waals surface area contributed by atoms with E-state index in [1.54, 1.807) is 12.1 Å². The number of sulfonamides is 1. The molecule has 0 saturated carbocycles. The summed E-state index contributed by atoms with van der Waals surface area (Å²) in [5.74, 6) is 0.505. The number of rotatable bonds is 6. The second-order valence-corrected chi connectivity index (χ2v) is 6.37. The average molecular weight is 272 g/mol. The van der Waals surface area contributed by atoms with Crippen LogP contribution in [0.1, 0.15) is 18.5 Å². The highest BCUT2D eigenvalue weighted by molar-refractivity contribution is 7.89. The maximum Gasteiger partial charge on any atom is 0.215 e. The molecule has 0 bridgehead atoms. The Bertz CT molecular complexity index is 486. The molecule has 0 heterocycles. The molecule has 0 radical (unpaired) electrons. The van der Waals surface area contributed by atoms with Gasteiger partial charge in [0.25, 0.3) is 0 Å². The van der Waals surface area contributed by atoms with E-state index in [0.717, 1.165) is 0 Å². The van der Waals surface area contributed by atoms with E-state index in [-0.39, 0.29) is 5.75 Å². The summed E-state index contributed by atoms with van der Waals surface area (Å²) < 4.78 is 30.2. The van der Waals surface area contributed by atoms with Gasteiger partial charge >= 0.3 is 0 Å². The molecule has 2 N–H and O–H groups in total. The van der Waals surface area contributed by atoms with Crippen LogP contribution in [0.25, 0.3) is 0 Å². The zero-order chi connectivity index (χ0) is 13.8. The number of benzene rings is 1. The van der Waals surface area contributed by atoms with Gasteiger partial charge in [0.05, 0.1) is 12.4 Å². The van der Waals surface area contributed by atoms with Gasteiger partial charge in [-0.3, -0.25) is 0 Å². The standard InChI is InChI=1S/C12H20N2O3S/c1-4-17-12-8-6-5-7-10(12)11(13)9-18(15,16)14(2)3/h5-8,11H,4,9,13H2,1-3H3. The molecule has 6 heteroatoms. The second kappa shape index (κ2) is 6.17. The van der Waals surface area contributed by atoms with Crippen LogP contribution in [0.5, 0.6) is 5.75 Å². The number of ether oxygens (including phenoxy) is 1. The van der Waals surface area contributed by atoms with E-state index in [1.165, 1.54) is 18.4 Å². The van der Waals surface area contributed by atoms with Crippen molar-refractivity contribution in [2.45, 2.75) is 13.0 Å². The normalized spacial score (nSPS) is 13.6. The van der Waals surface area contributed by atoms with Crippen LogP contribution < -0.4 is 10.5 Å². The van der Waals surface area contributed by atoms with Crippen LogP contribution in [0.15, 0.2) is 24.3 Å². The molecule has 0 spiro atoms. The summed E-state index contributed by atoms with van der Waals surface area (Å²) in [6.45, 7) is 2.39. The Labute approximate surface area is 109 Å². The molecule has 0 aliphatic rings. The molecule has 0 saturated heterocycles. The Morgan fingerprint density at radius 2 is 1.94 bits per heavy atom. The number of hydrogen-bond acceptors (Lipinski definition) is 4. The van der Waals surface area contributed by atoms with E-state index < -0.39 is 16.1 Å². The maximum absolute atomic E-state index is 11.8. The molecule has 1 aromatic rings. The average Bonchev–Trinajstić information content (AvgIpc) is 2.29. The first-order valence-electron chi connectivity index (χ1n) is 5.76. The largest absolute Gasteiger partial charge is 0.494 e. The maximum atomic E-state index is 11.8. The molecule has 0 aliphatic heterocycles. The predicted octanol–water partition coefficient (Wildman–Crippen LogP) is 0.976. The van der Waals surface area contributed by atoms with E-state index >= 15 is 0 Å². The Balaban J connectivity index is 2.94. The minimum absolute atomic E-state index is 0.135. The molecule has 0 amide bonds. The lowest BCUT2D eigenvalue weighted by molar-refractivity contribution is 0.335. The third kappa shape index (κ3) is 3.69. The highest BCUT2D eigenvalue weighted by atomic mass is 32.2. The van der Waals surface area contributed by atoms with Crippen molar-refractivity contribution in [1.82, 2.24) is 4.31 Å². The Hall–Kier alpha value is -1.11. The summed E-state index contributed by atoms with van der Waals surface area (Å²) in [7, 11) is -0.331. The van der Waals surface area contributed by atoms with Gasteiger partial charge in [-0.2, -0.15) is 0 Å². The van der Waals surface area contributed by atoms with Gasteiger partial charge in [0, 0.05) is 25.7 Å². The SMILES string of the molecule is CCOc1ccccc1C(N)CS(=O)(=O)N(C)C. The summed E-state index contributed by atoms with van der Waals surface area (Å²) in [5, 5.41) is 0. The van der Waals surface area contributed by atoms with Crippen LogP contribution in [-0.4, -0.2) is 39.2 Å². The summed E-state index contributed by atoms with van der Waals surface area (Å²) in [5.41, 5.74) is 6.68. The summed E-state index contributed by atoms with van der Waals surface area (Å²) >= 11 is 0. The minimum Gasteiger partial charge on any atom is -0.494 e. The smallest absolute Gasteiger partial charge is 0.215 e. The fraction of sp³-hybridized carbons (Fsp3) is 0.500. The van der Waals surface area contributed by atoms with Gasteiger partial charge in [-0.15, -0.1) is 0 Å². The van der Waals surface area contributed by atoms with Crippen LogP contribution >= 0.6 is 0 Å². The van der Waals surface area contributed by atoms with E-state index in [2.05, 4.69) is 0 Å². The zero-order valence-corrected chi connectivity index (χ0v) is 11.8. The molecule has 0 aliphatic carbocycles.